The number of rotatable bonds is 3. The molecule has 0 unspecified atom stereocenters. The zero-order valence-corrected chi connectivity index (χ0v) is 7.58. The lowest BCUT2D eigenvalue weighted by molar-refractivity contribution is 0.0606. The Bertz CT molecular complexity index is 297. The second-order valence-corrected chi connectivity index (χ2v) is 3.10. The minimum Gasteiger partial charge on any atom is -0.504 e. The first-order valence-corrected chi connectivity index (χ1v) is 4.16. The Morgan fingerprint density at radius 3 is 2.77 bits per heavy atom. The third kappa shape index (κ3) is 2.73. The molecule has 0 radical (unpaired) electrons. The van der Waals surface area contributed by atoms with Gasteiger partial charge in [0.2, 0.25) is 0 Å². The molecule has 2 N–H and O–H groups in total. The maximum atomic E-state index is 10.9. The molecule has 0 saturated heterocycles. The summed E-state index contributed by atoms with van der Waals surface area (Å²) in [6.07, 6.45) is 0. The van der Waals surface area contributed by atoms with Crippen molar-refractivity contribution in [1.82, 2.24) is 0 Å². The summed E-state index contributed by atoms with van der Waals surface area (Å²) in [6.45, 7) is 0. The lowest BCUT2D eigenvalue weighted by Gasteiger charge is -1.98. The van der Waals surface area contributed by atoms with Crippen molar-refractivity contribution in [3.63, 3.8) is 0 Å². The van der Waals surface area contributed by atoms with E-state index in [1.807, 2.05) is 0 Å². The topological polar surface area (TPSA) is 76.0 Å². The zero-order chi connectivity index (χ0) is 9.84. The molecule has 0 atom stereocenters. The van der Waals surface area contributed by atoms with Gasteiger partial charge >= 0.3 is 13.3 Å². The number of ether oxygens (including phenoxy) is 1. The van der Waals surface area contributed by atoms with Gasteiger partial charge in [0.15, 0.2) is 5.06 Å². The molecule has 0 aliphatic rings. The summed E-state index contributed by atoms with van der Waals surface area (Å²) in [5.41, 5.74) is 0. The van der Waals surface area contributed by atoms with Gasteiger partial charge < -0.3 is 19.4 Å². The van der Waals surface area contributed by atoms with Gasteiger partial charge in [0.1, 0.15) is 4.88 Å². The van der Waals surface area contributed by atoms with Gasteiger partial charge in [0.25, 0.3) is 0 Å². The van der Waals surface area contributed by atoms with Crippen LogP contribution in [0.15, 0.2) is 12.1 Å². The van der Waals surface area contributed by atoms with Crippen molar-refractivity contribution in [2.75, 3.05) is 7.11 Å². The fourth-order valence-electron chi connectivity index (χ4n) is 0.698. The minimum absolute atomic E-state index is 0.246. The van der Waals surface area contributed by atoms with Crippen molar-refractivity contribution in [3.8, 4) is 5.06 Å². The number of carbonyl (C=O) groups is 1. The molecule has 1 aromatic heterocycles. The molecule has 13 heavy (non-hydrogen) atoms. The van der Waals surface area contributed by atoms with E-state index in [4.69, 9.17) is 10.0 Å². The van der Waals surface area contributed by atoms with E-state index < -0.39 is 13.3 Å². The molecule has 0 aliphatic heterocycles. The number of hydrogen-bond acceptors (Lipinski definition) is 6. The van der Waals surface area contributed by atoms with Gasteiger partial charge in [-0.1, -0.05) is 11.3 Å². The Morgan fingerprint density at radius 2 is 2.23 bits per heavy atom. The molecule has 0 aliphatic carbocycles. The maximum absolute atomic E-state index is 10.9. The van der Waals surface area contributed by atoms with Gasteiger partial charge in [-0.15, -0.1) is 0 Å². The predicted molar refractivity (Wildman–Crippen MR) is 46.5 cm³/mol. The molecule has 0 aromatic carbocycles. The largest absolute Gasteiger partial charge is 0.708 e. The van der Waals surface area contributed by atoms with Gasteiger partial charge in [-0.25, -0.2) is 4.79 Å². The van der Waals surface area contributed by atoms with Crippen LogP contribution in [0.25, 0.3) is 0 Å². The van der Waals surface area contributed by atoms with Crippen LogP contribution in [-0.4, -0.2) is 30.4 Å². The quantitative estimate of drug-likeness (QED) is 0.527. The van der Waals surface area contributed by atoms with Crippen LogP contribution in [0.1, 0.15) is 9.67 Å². The highest BCUT2D eigenvalue weighted by atomic mass is 32.1. The number of hydrogen-bond donors (Lipinski definition) is 2. The van der Waals surface area contributed by atoms with E-state index in [2.05, 4.69) is 9.39 Å². The molecule has 5 nitrogen and oxygen atoms in total. The Hall–Kier alpha value is -1.05. The second-order valence-electron chi connectivity index (χ2n) is 2.05. The third-order valence-electron chi connectivity index (χ3n) is 1.19. The number of thiophene rings is 1. The van der Waals surface area contributed by atoms with E-state index in [0.29, 0.717) is 4.88 Å². The molecule has 1 aromatic rings. The lowest BCUT2D eigenvalue weighted by atomic mass is 10.3. The van der Waals surface area contributed by atoms with E-state index in [1.165, 1.54) is 19.2 Å². The van der Waals surface area contributed by atoms with Crippen LogP contribution in [0.4, 0.5) is 0 Å². The summed E-state index contributed by atoms with van der Waals surface area (Å²) in [6, 6.07) is 2.94. The molecule has 7 heteroatoms. The number of carbonyl (C=O) groups excluding carboxylic acids is 1. The molecule has 0 fully saturated rings. The molecule has 1 rings (SSSR count). The first-order valence-electron chi connectivity index (χ1n) is 3.34. The van der Waals surface area contributed by atoms with Crippen LogP contribution < -0.4 is 4.65 Å². The fourth-order valence-corrected chi connectivity index (χ4v) is 1.49. The smallest absolute Gasteiger partial charge is 0.504 e. The molecular formula is C6H7BO5S. The third-order valence-corrected chi connectivity index (χ3v) is 2.15. The van der Waals surface area contributed by atoms with E-state index in [9.17, 15) is 4.79 Å². The zero-order valence-electron chi connectivity index (χ0n) is 6.76. The van der Waals surface area contributed by atoms with Crippen LogP contribution in [0, 0.1) is 0 Å². The van der Waals surface area contributed by atoms with Crippen molar-refractivity contribution in [3.05, 3.63) is 17.0 Å². The van der Waals surface area contributed by atoms with Gasteiger partial charge in [-0.3, -0.25) is 0 Å². The maximum Gasteiger partial charge on any atom is 0.708 e. The highest BCUT2D eigenvalue weighted by Crippen LogP contribution is 2.24. The fraction of sp³-hybridized carbons (Fsp3) is 0.167. The average Bonchev–Trinajstić information content (AvgIpc) is 2.50. The van der Waals surface area contributed by atoms with Gasteiger partial charge in [0.05, 0.1) is 7.11 Å². The monoisotopic (exact) mass is 202 g/mol. The standard InChI is InChI=1S/C6H7BO5S/c1-11-6(8)4-2-3-5(13-4)12-7(9)10/h2-3,9-10H,1H3. The molecule has 0 saturated carbocycles. The second kappa shape index (κ2) is 4.26. The molecule has 0 amide bonds. The summed E-state index contributed by atoms with van der Waals surface area (Å²) in [4.78, 5) is 11.3. The highest BCUT2D eigenvalue weighted by Gasteiger charge is 2.15. The first-order chi connectivity index (χ1) is 6.13. The Kier molecular flexibility index (Phi) is 3.29. The van der Waals surface area contributed by atoms with Crippen molar-refractivity contribution in [2.24, 2.45) is 0 Å². The highest BCUT2D eigenvalue weighted by molar-refractivity contribution is 7.15. The molecule has 0 bridgehead atoms. The normalized spacial score (nSPS) is 9.46. The molecule has 0 spiro atoms. The molecule has 1 heterocycles. The average molecular weight is 202 g/mol. The van der Waals surface area contributed by atoms with Gasteiger partial charge in [0, 0.05) is 0 Å². The predicted octanol–water partition coefficient (Wildman–Crippen LogP) is -0.117. The van der Waals surface area contributed by atoms with E-state index in [1.54, 1.807) is 0 Å². The summed E-state index contributed by atoms with van der Waals surface area (Å²) >= 11 is 0.977. The number of methoxy groups -OCH3 is 1. The first kappa shape index (κ1) is 10.0. The van der Waals surface area contributed by atoms with Crippen molar-refractivity contribution >= 4 is 24.6 Å². The van der Waals surface area contributed by atoms with Crippen molar-refractivity contribution in [1.29, 1.82) is 0 Å². The van der Waals surface area contributed by atoms with E-state index in [-0.39, 0.29) is 5.06 Å². The van der Waals surface area contributed by atoms with Crippen LogP contribution >= 0.6 is 11.3 Å². The Labute approximate surface area is 78.7 Å². The minimum atomic E-state index is -1.87. The lowest BCUT2D eigenvalue weighted by Crippen LogP contribution is -2.19. The van der Waals surface area contributed by atoms with Crippen LogP contribution in [-0.2, 0) is 4.74 Å². The summed E-state index contributed by atoms with van der Waals surface area (Å²) < 4.78 is 8.96. The molecule has 70 valence electrons. The van der Waals surface area contributed by atoms with Crippen LogP contribution in [0.2, 0.25) is 0 Å². The van der Waals surface area contributed by atoms with Crippen LogP contribution in [0.3, 0.4) is 0 Å². The van der Waals surface area contributed by atoms with Crippen LogP contribution in [0.5, 0.6) is 5.06 Å². The van der Waals surface area contributed by atoms with Crippen molar-refractivity contribution in [2.45, 2.75) is 0 Å². The van der Waals surface area contributed by atoms with E-state index in [0.717, 1.165) is 11.3 Å². The Morgan fingerprint density at radius 1 is 1.54 bits per heavy atom. The SMILES string of the molecule is COC(=O)c1ccc(OB(O)O)s1. The van der Waals surface area contributed by atoms with Gasteiger partial charge in [-0.2, -0.15) is 0 Å². The molecular weight excluding hydrogens is 195 g/mol. The van der Waals surface area contributed by atoms with E-state index >= 15 is 0 Å². The summed E-state index contributed by atoms with van der Waals surface area (Å²) in [5, 5.41) is 17.1. The number of esters is 1. The summed E-state index contributed by atoms with van der Waals surface area (Å²) in [5.74, 6) is -0.479. The summed E-state index contributed by atoms with van der Waals surface area (Å²) in [7, 11) is -0.604. The Balaban J connectivity index is 2.69. The van der Waals surface area contributed by atoms with Crippen molar-refractivity contribution < 1.29 is 24.2 Å². The van der Waals surface area contributed by atoms with Gasteiger partial charge in [-0.05, 0) is 12.1 Å².